The summed E-state index contributed by atoms with van der Waals surface area (Å²) in [7, 11) is 1.34. The number of furan rings is 1. The number of methoxy groups -OCH3 is 1. The highest BCUT2D eigenvalue weighted by Crippen LogP contribution is 2.30. The number of hydrogen-bond donors (Lipinski definition) is 0. The van der Waals surface area contributed by atoms with Gasteiger partial charge in [-0.2, -0.15) is 0 Å². The molecule has 2 heterocycles. The van der Waals surface area contributed by atoms with E-state index in [4.69, 9.17) is 9.15 Å². The van der Waals surface area contributed by atoms with E-state index in [1.807, 2.05) is 24.3 Å². The van der Waals surface area contributed by atoms with E-state index >= 15 is 0 Å². The van der Waals surface area contributed by atoms with E-state index in [9.17, 15) is 9.59 Å². The van der Waals surface area contributed by atoms with Crippen molar-refractivity contribution in [3.05, 3.63) is 70.5 Å². The van der Waals surface area contributed by atoms with Gasteiger partial charge in [-0.15, -0.1) is 0 Å². The smallest absolute Gasteiger partial charge is 0.337 e. The average Bonchev–Trinajstić information content (AvgIpc) is 3.25. The zero-order chi connectivity index (χ0) is 23.9. The van der Waals surface area contributed by atoms with Crippen LogP contribution in [0.25, 0.3) is 11.0 Å². The Hall–Kier alpha value is -3.36. The first-order valence-electron chi connectivity index (χ1n) is 12.1. The number of ketones is 1. The van der Waals surface area contributed by atoms with Gasteiger partial charge in [0.1, 0.15) is 11.3 Å². The normalized spacial score (nSPS) is 13.9. The number of unbranched alkanes of at least 4 members (excludes halogenated alkanes) is 1. The lowest BCUT2D eigenvalue weighted by atomic mass is 9.97. The summed E-state index contributed by atoms with van der Waals surface area (Å²) in [5.41, 5.74) is 2.99. The van der Waals surface area contributed by atoms with Crippen LogP contribution in [0.15, 0.2) is 46.9 Å². The maximum Gasteiger partial charge on any atom is 0.337 e. The van der Waals surface area contributed by atoms with Crippen molar-refractivity contribution in [2.45, 2.75) is 45.4 Å². The van der Waals surface area contributed by atoms with Gasteiger partial charge >= 0.3 is 5.97 Å². The molecule has 1 saturated heterocycles. The van der Waals surface area contributed by atoms with Crippen LogP contribution in [0.4, 0.5) is 0 Å². The van der Waals surface area contributed by atoms with Crippen LogP contribution >= 0.6 is 0 Å². The Balaban J connectivity index is 1.60. The molecule has 176 valence electrons. The molecule has 1 fully saturated rings. The maximum absolute atomic E-state index is 13.6. The molecule has 0 radical (unpaired) electrons. The van der Waals surface area contributed by atoms with Crippen molar-refractivity contribution in [2.24, 2.45) is 0 Å². The molecule has 1 aliphatic heterocycles. The van der Waals surface area contributed by atoms with Crippen molar-refractivity contribution < 1.29 is 18.7 Å². The number of hydrogen-bond acceptors (Lipinski definition) is 5. The highest BCUT2D eigenvalue weighted by Gasteiger charge is 2.23. The quantitative estimate of drug-likeness (QED) is 0.261. The van der Waals surface area contributed by atoms with Gasteiger partial charge in [0.2, 0.25) is 0 Å². The molecule has 5 nitrogen and oxygen atoms in total. The fraction of sp³-hybridized carbons (Fsp3) is 0.379. The Morgan fingerprint density at radius 3 is 2.47 bits per heavy atom. The molecule has 3 aromatic rings. The number of rotatable bonds is 7. The number of benzene rings is 2. The van der Waals surface area contributed by atoms with Crippen LogP contribution < -0.4 is 0 Å². The van der Waals surface area contributed by atoms with Crippen LogP contribution in [-0.2, 0) is 11.2 Å². The molecule has 0 aliphatic carbocycles. The van der Waals surface area contributed by atoms with Gasteiger partial charge in [-0.25, -0.2) is 4.79 Å². The van der Waals surface area contributed by atoms with Crippen LogP contribution in [0.1, 0.15) is 76.6 Å². The average molecular weight is 458 g/mol. The van der Waals surface area contributed by atoms with Gasteiger partial charge < -0.3 is 9.15 Å². The summed E-state index contributed by atoms with van der Waals surface area (Å²) < 4.78 is 10.9. The third-order valence-corrected chi connectivity index (χ3v) is 6.30. The second-order valence-corrected chi connectivity index (χ2v) is 8.75. The lowest BCUT2D eigenvalue weighted by Gasteiger charge is -2.23. The number of carbonyl (C=O) groups excluding carboxylic acids is 2. The number of ether oxygens (including phenoxy) is 1. The summed E-state index contributed by atoms with van der Waals surface area (Å²) in [6, 6.07) is 12.5. The minimum Gasteiger partial charge on any atom is -0.465 e. The first-order chi connectivity index (χ1) is 16.6. The number of likely N-dealkylation sites (tertiary alicyclic amines) is 1. The fourth-order valence-corrected chi connectivity index (χ4v) is 4.38. The fourth-order valence-electron chi connectivity index (χ4n) is 4.38. The van der Waals surface area contributed by atoms with Gasteiger partial charge in [-0.1, -0.05) is 31.6 Å². The van der Waals surface area contributed by atoms with E-state index in [1.165, 1.54) is 26.4 Å². The van der Waals surface area contributed by atoms with E-state index in [1.54, 1.807) is 18.2 Å². The summed E-state index contributed by atoms with van der Waals surface area (Å²) in [5.74, 6) is 6.58. The minimum absolute atomic E-state index is 0.111. The zero-order valence-corrected chi connectivity index (χ0v) is 20.0. The number of nitrogens with zero attached hydrogens (tertiary/aromatic N) is 1. The molecule has 1 aromatic heterocycles. The topological polar surface area (TPSA) is 59.8 Å². The molecular weight excluding hydrogens is 426 g/mol. The molecule has 0 amide bonds. The third kappa shape index (κ3) is 5.40. The first kappa shape index (κ1) is 23.8. The Labute approximate surface area is 201 Å². The standard InChI is InChI=1S/C29H31NO4/c1-3-4-10-26-27(24-20-23(29(32)33-2)15-16-25(24)34-26)28(31)22-13-11-21(12-14-22)9-8-19-30-17-6-5-7-18-30/h11-16,20H,3-7,10,17-19H2,1-2H3. The molecule has 5 heteroatoms. The van der Waals surface area contributed by atoms with Crippen molar-refractivity contribution in [2.75, 3.05) is 26.7 Å². The Kier molecular flexibility index (Phi) is 7.82. The number of aryl methyl sites for hydroxylation is 1. The largest absolute Gasteiger partial charge is 0.465 e. The lowest BCUT2D eigenvalue weighted by molar-refractivity contribution is 0.0600. The molecule has 0 bridgehead atoms. The predicted molar refractivity (Wildman–Crippen MR) is 133 cm³/mol. The van der Waals surface area contributed by atoms with E-state index in [0.717, 1.165) is 38.0 Å². The van der Waals surface area contributed by atoms with Gasteiger partial charge in [0.05, 0.1) is 24.8 Å². The van der Waals surface area contributed by atoms with Crippen molar-refractivity contribution in [3.8, 4) is 11.8 Å². The molecule has 0 N–H and O–H groups in total. The van der Waals surface area contributed by atoms with Crippen molar-refractivity contribution in [3.63, 3.8) is 0 Å². The molecule has 0 spiro atoms. The molecule has 0 unspecified atom stereocenters. The summed E-state index contributed by atoms with van der Waals surface area (Å²) >= 11 is 0. The Morgan fingerprint density at radius 1 is 1.03 bits per heavy atom. The number of piperidine rings is 1. The van der Waals surface area contributed by atoms with Gasteiger partial charge in [0.15, 0.2) is 5.78 Å². The summed E-state index contributed by atoms with van der Waals surface area (Å²) in [6.07, 6.45) is 6.39. The first-order valence-corrected chi connectivity index (χ1v) is 12.1. The number of carbonyl (C=O) groups is 2. The molecule has 0 atom stereocenters. The van der Waals surface area contributed by atoms with Gasteiger partial charge in [0, 0.05) is 22.9 Å². The summed E-state index contributed by atoms with van der Waals surface area (Å²) in [4.78, 5) is 28.0. The molecular formula is C29H31NO4. The third-order valence-electron chi connectivity index (χ3n) is 6.30. The zero-order valence-electron chi connectivity index (χ0n) is 20.0. The van der Waals surface area contributed by atoms with E-state index in [-0.39, 0.29) is 5.78 Å². The molecule has 4 rings (SSSR count). The second-order valence-electron chi connectivity index (χ2n) is 8.75. The van der Waals surface area contributed by atoms with Gasteiger partial charge in [-0.3, -0.25) is 9.69 Å². The van der Waals surface area contributed by atoms with Crippen LogP contribution in [0, 0.1) is 11.8 Å². The minimum atomic E-state index is -0.441. The summed E-state index contributed by atoms with van der Waals surface area (Å²) in [5, 5.41) is 0.643. The molecule has 1 aliphatic rings. The SMILES string of the molecule is CCCCc1oc2ccc(C(=O)OC)cc2c1C(=O)c1ccc(C#CCN2CCCCC2)cc1. The van der Waals surface area contributed by atoms with E-state index < -0.39 is 5.97 Å². The van der Waals surface area contributed by atoms with E-state index in [2.05, 4.69) is 23.7 Å². The predicted octanol–water partition coefficient (Wildman–Crippen LogP) is 5.63. The lowest BCUT2D eigenvalue weighted by Crippen LogP contribution is -2.29. The Morgan fingerprint density at radius 2 is 1.76 bits per heavy atom. The second kappa shape index (κ2) is 11.2. The monoisotopic (exact) mass is 457 g/mol. The molecule has 2 aromatic carbocycles. The van der Waals surface area contributed by atoms with Crippen LogP contribution in [0.3, 0.4) is 0 Å². The van der Waals surface area contributed by atoms with Crippen molar-refractivity contribution >= 4 is 22.7 Å². The van der Waals surface area contributed by atoms with Crippen LogP contribution in [0.5, 0.6) is 0 Å². The van der Waals surface area contributed by atoms with Gasteiger partial charge in [-0.05, 0) is 74.8 Å². The number of fused-ring (bicyclic) bond motifs is 1. The van der Waals surface area contributed by atoms with Gasteiger partial charge in [0.25, 0.3) is 0 Å². The van der Waals surface area contributed by atoms with Crippen LogP contribution in [-0.4, -0.2) is 43.4 Å². The maximum atomic E-state index is 13.6. The highest BCUT2D eigenvalue weighted by molar-refractivity contribution is 6.17. The molecule has 0 saturated carbocycles. The number of esters is 1. The highest BCUT2D eigenvalue weighted by atomic mass is 16.5. The molecule has 34 heavy (non-hydrogen) atoms. The van der Waals surface area contributed by atoms with Crippen molar-refractivity contribution in [1.82, 2.24) is 4.90 Å². The Bertz CT molecular complexity index is 1220. The summed E-state index contributed by atoms with van der Waals surface area (Å²) in [6.45, 7) is 5.13. The van der Waals surface area contributed by atoms with Crippen molar-refractivity contribution in [1.29, 1.82) is 0 Å². The van der Waals surface area contributed by atoms with Crippen LogP contribution in [0.2, 0.25) is 0 Å². The van der Waals surface area contributed by atoms with E-state index in [0.29, 0.717) is 39.8 Å².